The van der Waals surface area contributed by atoms with Crippen molar-refractivity contribution in [3.05, 3.63) is 52.3 Å². The Morgan fingerprint density at radius 3 is 2.51 bits per heavy atom. The number of nitrogens with two attached hydrogens (primary N) is 1. The quantitative estimate of drug-likeness (QED) is 0.549. The fourth-order valence-corrected chi connectivity index (χ4v) is 6.92. The van der Waals surface area contributed by atoms with Crippen molar-refractivity contribution < 1.29 is 18.0 Å². The van der Waals surface area contributed by atoms with Crippen LogP contribution < -0.4 is 11.1 Å². The van der Waals surface area contributed by atoms with Gasteiger partial charge < -0.3 is 16.0 Å². The molecule has 1 aromatic carbocycles. The van der Waals surface area contributed by atoms with Crippen molar-refractivity contribution in [2.75, 3.05) is 19.6 Å². The van der Waals surface area contributed by atoms with Crippen LogP contribution in [0.1, 0.15) is 64.4 Å². The lowest BCUT2D eigenvalue weighted by molar-refractivity contribution is 0.0724. The summed E-state index contributed by atoms with van der Waals surface area (Å²) in [6.07, 6.45) is 1.42. The van der Waals surface area contributed by atoms with Crippen molar-refractivity contribution in [3.8, 4) is 6.07 Å². The van der Waals surface area contributed by atoms with Gasteiger partial charge in [-0.05, 0) is 50.8 Å². The first-order chi connectivity index (χ1) is 16.5. The molecule has 1 aliphatic carbocycles. The second-order valence-electron chi connectivity index (χ2n) is 9.92. The van der Waals surface area contributed by atoms with Crippen LogP contribution in [0.4, 0.5) is 0 Å². The lowest BCUT2D eigenvalue weighted by Crippen LogP contribution is -2.52. The number of carbonyl (C=O) groups is 2. The minimum absolute atomic E-state index is 0.0118. The van der Waals surface area contributed by atoms with Gasteiger partial charge in [-0.3, -0.25) is 14.3 Å². The van der Waals surface area contributed by atoms with E-state index in [0.29, 0.717) is 42.6 Å². The van der Waals surface area contributed by atoms with E-state index in [1.807, 2.05) is 0 Å². The second-order valence-corrected chi connectivity index (χ2v) is 12.9. The molecule has 2 heterocycles. The van der Waals surface area contributed by atoms with E-state index in [-0.39, 0.29) is 31.2 Å². The number of nitrogens with one attached hydrogen (secondary N) is 1. The number of hydrogen-bond donors (Lipinski definition) is 2. The molecule has 2 aromatic rings. The van der Waals surface area contributed by atoms with Crippen molar-refractivity contribution in [2.24, 2.45) is 12.8 Å². The highest BCUT2D eigenvalue weighted by atomic mass is 32.2. The molecule has 0 bridgehead atoms. The van der Waals surface area contributed by atoms with Crippen molar-refractivity contribution in [3.63, 3.8) is 0 Å². The minimum Gasteiger partial charge on any atom is -0.347 e. The van der Waals surface area contributed by atoms with Gasteiger partial charge in [0.2, 0.25) is 0 Å². The van der Waals surface area contributed by atoms with E-state index in [4.69, 9.17) is 11.0 Å². The summed E-state index contributed by atoms with van der Waals surface area (Å²) in [6.45, 7) is 3.95. The molecule has 1 aromatic heterocycles. The third-order valence-corrected chi connectivity index (χ3v) is 10.4. The highest BCUT2D eigenvalue weighted by Gasteiger charge is 2.60. The number of amides is 2. The Hall–Kier alpha value is -3.23. The smallest absolute Gasteiger partial charge is 0.272 e. The third-order valence-electron chi connectivity index (χ3n) is 7.09. The molecule has 10 nitrogen and oxygen atoms in total. The molecule has 1 saturated carbocycles. The summed E-state index contributed by atoms with van der Waals surface area (Å²) in [6, 6.07) is 8.94. The number of rotatable bonds is 8. The zero-order valence-electron chi connectivity index (χ0n) is 20.2. The van der Waals surface area contributed by atoms with Gasteiger partial charge in [0.05, 0.1) is 21.1 Å². The first-order valence-electron chi connectivity index (χ1n) is 11.5. The van der Waals surface area contributed by atoms with Gasteiger partial charge in [-0.1, -0.05) is 12.1 Å². The number of fused-ring (bicyclic) bond motifs is 1. The van der Waals surface area contributed by atoms with Gasteiger partial charge in [-0.2, -0.15) is 10.4 Å². The monoisotopic (exact) mass is 498 g/mol. The molecule has 0 unspecified atom stereocenters. The van der Waals surface area contributed by atoms with E-state index < -0.39 is 25.2 Å². The van der Waals surface area contributed by atoms with Gasteiger partial charge in [0.1, 0.15) is 5.69 Å². The van der Waals surface area contributed by atoms with Crippen LogP contribution in [0.5, 0.6) is 0 Å². The molecular weight excluding hydrogens is 468 g/mol. The predicted octanol–water partition coefficient (Wildman–Crippen LogP) is 0.905. The molecule has 35 heavy (non-hydrogen) atoms. The van der Waals surface area contributed by atoms with Gasteiger partial charge in [0.15, 0.2) is 15.5 Å². The number of sulfone groups is 1. The maximum absolute atomic E-state index is 13.4. The molecular formula is C24H30N6O4S. The van der Waals surface area contributed by atoms with E-state index in [1.54, 1.807) is 50.1 Å². The van der Waals surface area contributed by atoms with Crippen LogP contribution in [0, 0.1) is 11.3 Å². The van der Waals surface area contributed by atoms with Crippen LogP contribution in [0.15, 0.2) is 24.3 Å². The van der Waals surface area contributed by atoms with Crippen LogP contribution in [-0.4, -0.2) is 64.0 Å². The zero-order valence-corrected chi connectivity index (χ0v) is 21.0. The number of carbonyl (C=O) groups excluding carboxylic acids is 2. The van der Waals surface area contributed by atoms with Crippen molar-refractivity contribution in [1.82, 2.24) is 20.0 Å². The summed E-state index contributed by atoms with van der Waals surface area (Å²) in [5.74, 6) is -0.710. The van der Waals surface area contributed by atoms with Crippen LogP contribution in [0.25, 0.3) is 0 Å². The highest BCUT2D eigenvalue weighted by Crippen LogP contribution is 2.49. The second kappa shape index (κ2) is 8.77. The molecule has 186 valence electrons. The Balaban J connectivity index is 1.50. The molecule has 3 N–H and O–H groups in total. The van der Waals surface area contributed by atoms with Gasteiger partial charge in [-0.15, -0.1) is 0 Å². The van der Waals surface area contributed by atoms with Crippen LogP contribution >= 0.6 is 0 Å². The Morgan fingerprint density at radius 2 is 1.94 bits per heavy atom. The van der Waals surface area contributed by atoms with Gasteiger partial charge in [-0.25, -0.2) is 8.42 Å². The number of nitrogens with zero attached hydrogens (tertiary/aromatic N) is 4. The molecule has 0 spiro atoms. The van der Waals surface area contributed by atoms with E-state index in [1.165, 1.54) is 4.68 Å². The molecule has 1 fully saturated rings. The molecule has 4 rings (SSSR count). The zero-order chi connectivity index (χ0) is 25.6. The third kappa shape index (κ3) is 4.21. The largest absolute Gasteiger partial charge is 0.347 e. The molecule has 0 radical (unpaired) electrons. The summed E-state index contributed by atoms with van der Waals surface area (Å²) in [4.78, 5) is 27.8. The number of aryl methyl sites for hydroxylation is 1. The topological polar surface area (TPSA) is 151 Å². The Kier molecular flexibility index (Phi) is 6.23. The maximum atomic E-state index is 13.4. The summed E-state index contributed by atoms with van der Waals surface area (Å²) in [5, 5.41) is 16.0. The van der Waals surface area contributed by atoms with Crippen molar-refractivity contribution in [1.29, 1.82) is 5.26 Å². The lowest BCUT2D eigenvalue weighted by atomic mass is 10.0. The Bertz CT molecular complexity index is 1320. The summed E-state index contributed by atoms with van der Waals surface area (Å²) >= 11 is 0. The van der Waals surface area contributed by atoms with Crippen LogP contribution in [-0.2, 0) is 29.9 Å². The lowest BCUT2D eigenvalue weighted by Gasteiger charge is -2.34. The van der Waals surface area contributed by atoms with Gasteiger partial charge in [0, 0.05) is 38.8 Å². The van der Waals surface area contributed by atoms with E-state index in [0.717, 1.165) is 5.56 Å². The summed E-state index contributed by atoms with van der Waals surface area (Å²) in [7, 11) is -1.95. The molecule has 1 aliphatic heterocycles. The molecule has 2 aliphatic rings. The van der Waals surface area contributed by atoms with E-state index in [2.05, 4.69) is 16.5 Å². The average Bonchev–Trinajstić information content (AvgIpc) is 3.56. The maximum Gasteiger partial charge on any atom is 0.272 e. The first kappa shape index (κ1) is 24.9. The molecule has 0 atom stereocenters. The SMILES string of the molecule is Cn1nc(C(=O)NCc2ccc(C#N)cc2)c2c1C(=O)N(CC1(S(=O)(=O)C(C)(C)CN)CC1)CC2. The van der Waals surface area contributed by atoms with Crippen LogP contribution in [0.3, 0.4) is 0 Å². The van der Waals surface area contributed by atoms with E-state index >= 15 is 0 Å². The number of nitriles is 1. The normalized spacial score (nSPS) is 17.0. The Morgan fingerprint density at radius 1 is 1.29 bits per heavy atom. The molecule has 2 amide bonds. The average molecular weight is 499 g/mol. The number of benzene rings is 1. The van der Waals surface area contributed by atoms with Crippen LogP contribution in [0.2, 0.25) is 0 Å². The van der Waals surface area contributed by atoms with Crippen molar-refractivity contribution >= 4 is 21.7 Å². The number of hydrogen-bond acceptors (Lipinski definition) is 7. The van der Waals surface area contributed by atoms with Gasteiger partial charge >= 0.3 is 0 Å². The molecule has 0 saturated heterocycles. The fraction of sp³-hybridized carbons (Fsp3) is 0.500. The van der Waals surface area contributed by atoms with Crippen molar-refractivity contribution in [2.45, 2.75) is 49.1 Å². The molecule has 11 heteroatoms. The van der Waals surface area contributed by atoms with E-state index in [9.17, 15) is 18.0 Å². The highest BCUT2D eigenvalue weighted by molar-refractivity contribution is 7.94. The summed E-state index contributed by atoms with van der Waals surface area (Å²) < 4.78 is 25.9. The minimum atomic E-state index is -3.56. The fourth-order valence-electron chi connectivity index (χ4n) is 4.56. The standard InChI is InChI=1S/C24H30N6O4S/c1-23(2,14-26)35(33,34)24(9-10-24)15-30-11-8-18-19(28-29(3)20(18)22(30)32)21(31)27-13-17-6-4-16(12-25)5-7-17/h4-7H,8-11,13-15,26H2,1-3H3,(H,27,31). The Labute approximate surface area is 205 Å². The van der Waals surface area contributed by atoms with Gasteiger partial charge in [0.25, 0.3) is 11.8 Å². The number of aromatic nitrogens is 2. The predicted molar refractivity (Wildman–Crippen MR) is 129 cm³/mol. The summed E-state index contributed by atoms with van der Waals surface area (Å²) in [5.41, 5.74) is 8.19. The first-order valence-corrected chi connectivity index (χ1v) is 13.0.